The van der Waals surface area contributed by atoms with E-state index in [1.165, 1.54) is 11.6 Å². The van der Waals surface area contributed by atoms with Gasteiger partial charge in [-0.1, -0.05) is 35.0 Å². The Bertz CT molecular complexity index is 996. The number of nitrogens with zero attached hydrogens (tertiary/aromatic N) is 6. The van der Waals surface area contributed by atoms with Gasteiger partial charge in [-0.05, 0) is 26.0 Å². The minimum absolute atomic E-state index is 0.0618. The number of anilines is 1. The molecule has 1 aliphatic rings. The molecule has 9 heteroatoms. The van der Waals surface area contributed by atoms with Gasteiger partial charge in [-0.15, -0.1) is 0 Å². The quantitative estimate of drug-likeness (QED) is 0.434. The number of nitro groups is 1. The van der Waals surface area contributed by atoms with Gasteiger partial charge in [-0.3, -0.25) is 15.0 Å². The van der Waals surface area contributed by atoms with Crippen molar-refractivity contribution in [1.82, 2.24) is 20.0 Å². The third-order valence-electron chi connectivity index (χ3n) is 5.28. The van der Waals surface area contributed by atoms with Gasteiger partial charge in [0.2, 0.25) is 17.5 Å². The summed E-state index contributed by atoms with van der Waals surface area (Å²) >= 11 is 0. The second-order valence-corrected chi connectivity index (χ2v) is 7.41. The Morgan fingerprint density at radius 3 is 2.63 bits per heavy atom. The van der Waals surface area contributed by atoms with Crippen LogP contribution >= 0.6 is 0 Å². The highest BCUT2D eigenvalue weighted by molar-refractivity contribution is 5.57. The third kappa shape index (κ3) is 4.62. The molecule has 1 aliphatic heterocycles. The molecule has 1 saturated heterocycles. The van der Waals surface area contributed by atoms with Crippen molar-refractivity contribution in [1.29, 1.82) is 0 Å². The van der Waals surface area contributed by atoms with Crippen LogP contribution in [0.4, 0.5) is 11.5 Å². The molecule has 30 heavy (non-hydrogen) atoms. The molecule has 3 heterocycles. The van der Waals surface area contributed by atoms with Gasteiger partial charge in [0, 0.05) is 50.4 Å². The molecule has 4 rings (SSSR count). The van der Waals surface area contributed by atoms with Crippen molar-refractivity contribution in [3.8, 4) is 11.4 Å². The molecule has 0 bridgehead atoms. The summed E-state index contributed by atoms with van der Waals surface area (Å²) in [6.45, 7) is 6.08. The van der Waals surface area contributed by atoms with E-state index in [2.05, 4.69) is 20.0 Å². The van der Waals surface area contributed by atoms with Crippen LogP contribution < -0.4 is 4.90 Å². The smallest absolute Gasteiger partial charge is 0.311 e. The van der Waals surface area contributed by atoms with E-state index < -0.39 is 0 Å². The third-order valence-corrected chi connectivity index (χ3v) is 5.28. The van der Waals surface area contributed by atoms with Gasteiger partial charge < -0.3 is 9.42 Å². The minimum Gasteiger partial charge on any atom is -0.348 e. The summed E-state index contributed by atoms with van der Waals surface area (Å²) in [5.41, 5.74) is 2.21. The summed E-state index contributed by atoms with van der Waals surface area (Å²) < 4.78 is 5.39. The van der Waals surface area contributed by atoms with Crippen molar-refractivity contribution < 1.29 is 9.45 Å². The number of aromatic nitrogens is 3. The highest BCUT2D eigenvalue weighted by Crippen LogP contribution is 2.25. The van der Waals surface area contributed by atoms with Crippen molar-refractivity contribution in [3.63, 3.8) is 0 Å². The fourth-order valence-electron chi connectivity index (χ4n) is 3.59. The Balaban J connectivity index is 1.25. The van der Waals surface area contributed by atoms with Gasteiger partial charge in [0.05, 0.1) is 4.92 Å². The average molecular weight is 408 g/mol. The molecule has 0 unspecified atom stereocenters. The maximum atomic E-state index is 11.2. The zero-order valence-corrected chi connectivity index (χ0v) is 16.9. The zero-order valence-electron chi connectivity index (χ0n) is 16.9. The van der Waals surface area contributed by atoms with Crippen molar-refractivity contribution in [2.24, 2.45) is 0 Å². The van der Waals surface area contributed by atoms with E-state index in [9.17, 15) is 10.1 Å². The number of pyridine rings is 1. The predicted octanol–water partition coefficient (Wildman–Crippen LogP) is 3.10. The lowest BCUT2D eigenvalue weighted by Crippen LogP contribution is -2.47. The number of rotatable bonds is 7. The van der Waals surface area contributed by atoms with Crippen molar-refractivity contribution in [2.75, 3.05) is 37.6 Å². The van der Waals surface area contributed by atoms with E-state index in [1.807, 2.05) is 36.1 Å². The lowest BCUT2D eigenvalue weighted by atomic mass is 10.1. The molecule has 9 nitrogen and oxygen atoms in total. The van der Waals surface area contributed by atoms with Crippen LogP contribution in [0.15, 0.2) is 47.1 Å². The molecule has 0 atom stereocenters. The first-order chi connectivity index (χ1) is 14.6. The SMILES string of the molecule is Cc1ccc(-c2noc(CCCN3CCN(c4ncccc4[N+](=O)[O-])CC3)n2)cc1. The van der Waals surface area contributed by atoms with Crippen LogP contribution in [-0.2, 0) is 6.42 Å². The van der Waals surface area contributed by atoms with Gasteiger partial charge in [-0.25, -0.2) is 4.98 Å². The molecular formula is C21H24N6O3. The van der Waals surface area contributed by atoms with Crippen LogP contribution in [0.2, 0.25) is 0 Å². The van der Waals surface area contributed by atoms with Crippen LogP contribution in [0.5, 0.6) is 0 Å². The summed E-state index contributed by atoms with van der Waals surface area (Å²) in [6, 6.07) is 11.2. The molecule has 156 valence electrons. The first kappa shape index (κ1) is 20.0. The Morgan fingerprint density at radius 1 is 1.13 bits per heavy atom. The lowest BCUT2D eigenvalue weighted by molar-refractivity contribution is -0.384. The highest BCUT2D eigenvalue weighted by Gasteiger charge is 2.24. The second kappa shape index (κ2) is 9.00. The summed E-state index contributed by atoms with van der Waals surface area (Å²) in [7, 11) is 0. The molecule has 0 radical (unpaired) electrons. The summed E-state index contributed by atoms with van der Waals surface area (Å²) in [5, 5.41) is 15.3. The summed E-state index contributed by atoms with van der Waals surface area (Å²) in [5.74, 6) is 1.72. The Kier molecular flexibility index (Phi) is 5.99. The summed E-state index contributed by atoms with van der Waals surface area (Å²) in [4.78, 5) is 23.9. The first-order valence-corrected chi connectivity index (χ1v) is 10.1. The molecular weight excluding hydrogens is 384 g/mol. The molecule has 0 N–H and O–H groups in total. The fraction of sp³-hybridized carbons (Fsp3) is 0.381. The molecule has 3 aromatic rings. The van der Waals surface area contributed by atoms with E-state index >= 15 is 0 Å². The molecule has 0 aliphatic carbocycles. The molecule has 1 aromatic carbocycles. The Labute approximate surface area is 174 Å². The van der Waals surface area contributed by atoms with E-state index in [0.717, 1.165) is 51.1 Å². The van der Waals surface area contributed by atoms with Crippen LogP contribution in [-0.4, -0.2) is 57.7 Å². The Morgan fingerprint density at radius 2 is 1.90 bits per heavy atom. The van der Waals surface area contributed by atoms with Crippen LogP contribution in [0, 0.1) is 17.0 Å². The molecule has 0 amide bonds. The van der Waals surface area contributed by atoms with Gasteiger partial charge >= 0.3 is 5.69 Å². The Hall–Kier alpha value is -3.33. The van der Waals surface area contributed by atoms with Crippen molar-refractivity contribution >= 4 is 11.5 Å². The lowest BCUT2D eigenvalue weighted by Gasteiger charge is -2.34. The van der Waals surface area contributed by atoms with Gasteiger partial charge in [-0.2, -0.15) is 4.98 Å². The van der Waals surface area contributed by atoms with Crippen molar-refractivity contribution in [3.05, 3.63) is 64.2 Å². The largest absolute Gasteiger partial charge is 0.348 e. The van der Waals surface area contributed by atoms with E-state index in [0.29, 0.717) is 17.5 Å². The van der Waals surface area contributed by atoms with E-state index in [1.54, 1.807) is 12.3 Å². The number of piperazine rings is 1. The van der Waals surface area contributed by atoms with E-state index in [4.69, 9.17) is 4.52 Å². The first-order valence-electron chi connectivity index (χ1n) is 10.1. The zero-order chi connectivity index (χ0) is 20.9. The molecule has 0 saturated carbocycles. The number of aryl methyl sites for hydroxylation is 2. The van der Waals surface area contributed by atoms with Gasteiger partial charge in [0.15, 0.2) is 0 Å². The maximum absolute atomic E-state index is 11.2. The van der Waals surface area contributed by atoms with Crippen LogP contribution in [0.25, 0.3) is 11.4 Å². The highest BCUT2D eigenvalue weighted by atomic mass is 16.6. The topological polar surface area (TPSA) is 101 Å². The van der Waals surface area contributed by atoms with Gasteiger partial charge in [0.1, 0.15) is 0 Å². The standard InChI is InChI=1S/C21H24N6O3/c1-16-6-8-17(9-7-16)20-23-19(30-24-20)5-3-11-25-12-14-26(15-13-25)21-18(27(28)29)4-2-10-22-21/h2,4,6-10H,3,5,11-15H2,1H3. The monoisotopic (exact) mass is 408 g/mol. The van der Waals surface area contributed by atoms with Crippen LogP contribution in [0.1, 0.15) is 17.9 Å². The van der Waals surface area contributed by atoms with Crippen LogP contribution in [0.3, 0.4) is 0 Å². The average Bonchev–Trinajstić information content (AvgIpc) is 3.24. The second-order valence-electron chi connectivity index (χ2n) is 7.41. The van der Waals surface area contributed by atoms with Gasteiger partial charge in [0.25, 0.3) is 0 Å². The van der Waals surface area contributed by atoms with Crippen molar-refractivity contribution in [2.45, 2.75) is 19.8 Å². The summed E-state index contributed by atoms with van der Waals surface area (Å²) in [6.07, 6.45) is 3.24. The molecule has 0 spiro atoms. The number of hydrogen-bond acceptors (Lipinski definition) is 8. The maximum Gasteiger partial charge on any atom is 0.311 e. The predicted molar refractivity (Wildman–Crippen MR) is 112 cm³/mol. The molecule has 1 fully saturated rings. The molecule has 2 aromatic heterocycles. The fourth-order valence-corrected chi connectivity index (χ4v) is 3.59. The number of benzene rings is 1. The number of hydrogen-bond donors (Lipinski definition) is 0. The normalized spacial score (nSPS) is 14.8. The van der Waals surface area contributed by atoms with E-state index in [-0.39, 0.29) is 10.6 Å². The minimum atomic E-state index is -0.371.